The van der Waals surface area contributed by atoms with E-state index in [0.29, 0.717) is 6.54 Å². The Hall–Kier alpha value is -0.0800. The van der Waals surface area contributed by atoms with Gasteiger partial charge in [0.05, 0.1) is 6.10 Å². The van der Waals surface area contributed by atoms with Crippen molar-refractivity contribution in [2.75, 3.05) is 6.54 Å². The summed E-state index contributed by atoms with van der Waals surface area (Å²) in [4.78, 5) is 0. The predicted molar refractivity (Wildman–Crippen MR) is 53.3 cm³/mol. The third kappa shape index (κ3) is 1.23. The Morgan fingerprint density at radius 3 is 2.08 bits per heavy atom. The fraction of sp³-hybridized carbons (Fsp3) is 1.00. The largest absolute Gasteiger partial charge is 0.392 e. The van der Waals surface area contributed by atoms with E-state index in [2.05, 4.69) is 6.92 Å². The highest BCUT2D eigenvalue weighted by molar-refractivity contribution is 5.08. The average Bonchev–Trinajstić information content (AvgIpc) is 2.83. The van der Waals surface area contributed by atoms with Gasteiger partial charge >= 0.3 is 0 Å². The van der Waals surface area contributed by atoms with Gasteiger partial charge in [-0.15, -0.1) is 0 Å². The van der Waals surface area contributed by atoms with Crippen LogP contribution in [0.25, 0.3) is 0 Å². The monoisotopic (exact) mass is 183 g/mol. The summed E-state index contributed by atoms with van der Waals surface area (Å²) in [6.07, 6.45) is 6.98. The highest BCUT2D eigenvalue weighted by Gasteiger charge is 2.56. The fourth-order valence-corrected chi connectivity index (χ4v) is 2.85. The van der Waals surface area contributed by atoms with Crippen LogP contribution in [0, 0.1) is 10.8 Å². The highest BCUT2D eigenvalue weighted by Crippen LogP contribution is 2.60. The standard InChI is InChI=1S/C11H21NO/c1-2-10(6-7-10)9(13)11(8-12)4-3-5-11/h9,13H,2-8,12H2,1H3. The SMILES string of the molecule is CCC1(C(O)C2(CN)CCC2)CC1. The highest BCUT2D eigenvalue weighted by atomic mass is 16.3. The molecule has 0 amide bonds. The van der Waals surface area contributed by atoms with Crippen molar-refractivity contribution in [3.8, 4) is 0 Å². The van der Waals surface area contributed by atoms with E-state index >= 15 is 0 Å². The first-order valence-electron chi connectivity index (χ1n) is 5.57. The van der Waals surface area contributed by atoms with E-state index in [4.69, 9.17) is 5.73 Å². The molecule has 13 heavy (non-hydrogen) atoms. The summed E-state index contributed by atoms with van der Waals surface area (Å²) in [6.45, 7) is 2.87. The van der Waals surface area contributed by atoms with Crippen molar-refractivity contribution in [1.29, 1.82) is 0 Å². The van der Waals surface area contributed by atoms with E-state index in [1.807, 2.05) is 0 Å². The second kappa shape index (κ2) is 2.96. The number of rotatable bonds is 4. The van der Waals surface area contributed by atoms with E-state index < -0.39 is 0 Å². The summed E-state index contributed by atoms with van der Waals surface area (Å²) < 4.78 is 0. The van der Waals surface area contributed by atoms with Gasteiger partial charge in [0.1, 0.15) is 0 Å². The second-order valence-corrected chi connectivity index (χ2v) is 5.04. The van der Waals surface area contributed by atoms with Gasteiger partial charge < -0.3 is 10.8 Å². The minimum absolute atomic E-state index is 0.104. The lowest BCUT2D eigenvalue weighted by Crippen LogP contribution is -2.51. The smallest absolute Gasteiger partial charge is 0.0664 e. The summed E-state index contributed by atoms with van der Waals surface area (Å²) in [5.74, 6) is 0. The Labute approximate surface area is 80.5 Å². The molecule has 0 aromatic heterocycles. The first kappa shape index (κ1) is 9.47. The Bertz CT molecular complexity index is 189. The first-order chi connectivity index (χ1) is 6.19. The van der Waals surface area contributed by atoms with Crippen LogP contribution in [-0.2, 0) is 0 Å². The molecule has 2 fully saturated rings. The molecule has 0 heterocycles. The van der Waals surface area contributed by atoms with Crippen LogP contribution < -0.4 is 5.73 Å². The van der Waals surface area contributed by atoms with Gasteiger partial charge in [-0.1, -0.05) is 13.3 Å². The molecule has 1 unspecified atom stereocenters. The van der Waals surface area contributed by atoms with Crippen LogP contribution in [0.4, 0.5) is 0 Å². The maximum Gasteiger partial charge on any atom is 0.0664 e. The predicted octanol–water partition coefficient (Wildman–Crippen LogP) is 1.67. The maximum absolute atomic E-state index is 10.3. The molecule has 0 spiro atoms. The molecule has 0 aromatic rings. The molecule has 1 atom stereocenters. The fourth-order valence-electron chi connectivity index (χ4n) is 2.85. The van der Waals surface area contributed by atoms with E-state index in [9.17, 15) is 5.11 Å². The van der Waals surface area contributed by atoms with Gasteiger partial charge in [0.15, 0.2) is 0 Å². The lowest BCUT2D eigenvalue weighted by Gasteiger charge is -2.47. The number of nitrogens with two attached hydrogens (primary N) is 1. The van der Waals surface area contributed by atoms with Crippen molar-refractivity contribution < 1.29 is 5.11 Å². The summed E-state index contributed by atoms with van der Waals surface area (Å²) in [7, 11) is 0. The van der Waals surface area contributed by atoms with Crippen LogP contribution in [0.15, 0.2) is 0 Å². The van der Waals surface area contributed by atoms with Crippen molar-refractivity contribution >= 4 is 0 Å². The quantitative estimate of drug-likeness (QED) is 0.696. The van der Waals surface area contributed by atoms with Crippen molar-refractivity contribution in [3.05, 3.63) is 0 Å². The summed E-state index contributed by atoms with van der Waals surface area (Å²) >= 11 is 0. The molecule has 2 aliphatic carbocycles. The van der Waals surface area contributed by atoms with Crippen molar-refractivity contribution in [3.63, 3.8) is 0 Å². The first-order valence-corrected chi connectivity index (χ1v) is 5.57. The van der Waals surface area contributed by atoms with E-state index in [-0.39, 0.29) is 16.9 Å². The van der Waals surface area contributed by atoms with E-state index in [1.165, 1.54) is 19.3 Å². The van der Waals surface area contributed by atoms with Crippen LogP contribution in [-0.4, -0.2) is 17.8 Å². The molecule has 76 valence electrons. The van der Waals surface area contributed by atoms with Gasteiger partial charge in [-0.2, -0.15) is 0 Å². The average molecular weight is 183 g/mol. The van der Waals surface area contributed by atoms with Crippen molar-refractivity contribution in [2.24, 2.45) is 16.6 Å². The van der Waals surface area contributed by atoms with Crippen LogP contribution in [0.3, 0.4) is 0 Å². The van der Waals surface area contributed by atoms with E-state index in [0.717, 1.165) is 19.3 Å². The topological polar surface area (TPSA) is 46.2 Å². The van der Waals surface area contributed by atoms with Gasteiger partial charge in [-0.05, 0) is 37.5 Å². The molecular weight excluding hydrogens is 162 g/mol. The molecule has 2 nitrogen and oxygen atoms in total. The Balaban J connectivity index is 2.06. The van der Waals surface area contributed by atoms with Crippen molar-refractivity contribution in [1.82, 2.24) is 0 Å². The number of hydrogen-bond donors (Lipinski definition) is 2. The molecule has 2 heteroatoms. The summed E-state index contributed by atoms with van der Waals surface area (Å²) in [5.41, 5.74) is 6.16. The molecule has 0 aromatic carbocycles. The third-order valence-electron chi connectivity index (χ3n) is 4.51. The van der Waals surface area contributed by atoms with Crippen LogP contribution in [0.2, 0.25) is 0 Å². The van der Waals surface area contributed by atoms with Crippen LogP contribution in [0.1, 0.15) is 45.4 Å². The summed E-state index contributed by atoms with van der Waals surface area (Å²) in [5, 5.41) is 10.3. The minimum Gasteiger partial charge on any atom is -0.392 e. The molecule has 2 rings (SSSR count). The van der Waals surface area contributed by atoms with E-state index in [1.54, 1.807) is 0 Å². The molecule has 2 aliphatic rings. The Morgan fingerprint density at radius 2 is 1.85 bits per heavy atom. The maximum atomic E-state index is 10.3. The Kier molecular flexibility index (Phi) is 2.16. The zero-order chi connectivity index (χ0) is 9.53. The number of aliphatic hydroxyl groups is 1. The van der Waals surface area contributed by atoms with Crippen molar-refractivity contribution in [2.45, 2.75) is 51.6 Å². The molecule has 0 saturated heterocycles. The third-order valence-corrected chi connectivity index (χ3v) is 4.51. The molecule has 0 bridgehead atoms. The normalized spacial score (nSPS) is 30.7. The van der Waals surface area contributed by atoms with Gasteiger partial charge in [0.25, 0.3) is 0 Å². The lowest BCUT2D eigenvalue weighted by molar-refractivity contribution is -0.0729. The Morgan fingerprint density at radius 1 is 1.23 bits per heavy atom. The van der Waals surface area contributed by atoms with Crippen LogP contribution >= 0.6 is 0 Å². The molecule has 2 saturated carbocycles. The number of hydrogen-bond acceptors (Lipinski definition) is 2. The van der Waals surface area contributed by atoms with Gasteiger partial charge in [0.2, 0.25) is 0 Å². The van der Waals surface area contributed by atoms with Crippen LogP contribution in [0.5, 0.6) is 0 Å². The second-order valence-electron chi connectivity index (χ2n) is 5.04. The zero-order valence-electron chi connectivity index (χ0n) is 8.55. The lowest BCUT2D eigenvalue weighted by atomic mass is 9.61. The van der Waals surface area contributed by atoms with Gasteiger partial charge in [-0.3, -0.25) is 0 Å². The molecule has 0 aliphatic heterocycles. The zero-order valence-corrected chi connectivity index (χ0v) is 8.55. The molecule has 0 radical (unpaired) electrons. The van der Waals surface area contributed by atoms with Gasteiger partial charge in [0, 0.05) is 12.0 Å². The minimum atomic E-state index is -0.122. The molecule has 3 N–H and O–H groups in total. The van der Waals surface area contributed by atoms with Gasteiger partial charge in [-0.25, -0.2) is 0 Å². The number of aliphatic hydroxyl groups excluding tert-OH is 1. The molecular formula is C11H21NO. The summed E-state index contributed by atoms with van der Waals surface area (Å²) in [6, 6.07) is 0.